The van der Waals surface area contributed by atoms with Gasteiger partial charge in [-0.05, 0) is 43.7 Å². The lowest BCUT2D eigenvalue weighted by Crippen LogP contribution is -2.40. The highest BCUT2D eigenvalue weighted by atomic mass is 32.2. The number of benzene rings is 2. The van der Waals surface area contributed by atoms with Gasteiger partial charge < -0.3 is 19.4 Å². The summed E-state index contributed by atoms with van der Waals surface area (Å²) in [7, 11) is -2.90. The molecule has 0 bridgehead atoms. The van der Waals surface area contributed by atoms with Gasteiger partial charge in [-0.15, -0.1) is 0 Å². The van der Waals surface area contributed by atoms with Crippen LogP contribution in [0.5, 0.6) is 17.2 Å². The van der Waals surface area contributed by atoms with E-state index in [1.807, 2.05) is 6.92 Å². The van der Waals surface area contributed by atoms with E-state index in [0.717, 1.165) is 12.2 Å². The van der Waals surface area contributed by atoms with Crippen LogP contribution >= 0.6 is 0 Å². The molecule has 0 saturated carbocycles. The van der Waals surface area contributed by atoms with Crippen LogP contribution in [0.1, 0.15) is 17.7 Å². The summed E-state index contributed by atoms with van der Waals surface area (Å²) >= 11 is 0. The number of ether oxygens (including phenoxy) is 2. The standard InChI is InChI=1S/C26H25FN4O4S/c1-17-13-20-21(30-17)3-4-24(26(20)27)35-23-5-6-29-22-15-25(18(16-28)14-19(22)23)34-10-2-7-31-8-11-36(32,33)12-9-31/h3-6,13-15,30H,2,7-12H2,1H3. The third kappa shape index (κ3) is 4.98. The minimum Gasteiger partial charge on any atom is -0.492 e. The van der Waals surface area contributed by atoms with E-state index in [1.54, 1.807) is 42.6 Å². The molecule has 1 saturated heterocycles. The van der Waals surface area contributed by atoms with Crippen molar-refractivity contribution in [1.29, 1.82) is 5.26 Å². The summed E-state index contributed by atoms with van der Waals surface area (Å²) in [6.07, 6.45) is 2.26. The van der Waals surface area contributed by atoms with Crippen molar-refractivity contribution < 1.29 is 22.3 Å². The minimum atomic E-state index is -2.90. The number of hydrogen-bond acceptors (Lipinski definition) is 7. The molecular formula is C26H25FN4O4S. The average molecular weight is 509 g/mol. The highest BCUT2D eigenvalue weighted by Gasteiger charge is 2.21. The zero-order chi connectivity index (χ0) is 25.3. The lowest BCUT2D eigenvalue weighted by molar-refractivity contribution is 0.245. The number of hydrogen-bond donors (Lipinski definition) is 1. The number of nitrogens with zero attached hydrogens (tertiary/aromatic N) is 3. The molecule has 0 spiro atoms. The first-order valence-corrected chi connectivity index (χ1v) is 13.5. The number of aromatic nitrogens is 2. The average Bonchev–Trinajstić information content (AvgIpc) is 3.25. The summed E-state index contributed by atoms with van der Waals surface area (Å²) in [5.74, 6) is 0.790. The topological polar surface area (TPSA) is 108 Å². The van der Waals surface area contributed by atoms with Crippen LogP contribution in [0.2, 0.25) is 0 Å². The van der Waals surface area contributed by atoms with Crippen LogP contribution < -0.4 is 9.47 Å². The molecule has 1 aliphatic heterocycles. The molecule has 0 atom stereocenters. The van der Waals surface area contributed by atoms with Gasteiger partial charge in [-0.2, -0.15) is 5.26 Å². The Balaban J connectivity index is 1.32. The number of nitriles is 1. The largest absolute Gasteiger partial charge is 0.492 e. The van der Waals surface area contributed by atoms with E-state index in [1.165, 1.54) is 0 Å². The SMILES string of the molecule is Cc1cc2c(F)c(Oc3ccnc4cc(OCCCN5CCS(=O)(=O)CC5)c(C#N)cc34)ccc2[nH]1. The Morgan fingerprint density at radius 1 is 1.11 bits per heavy atom. The number of pyridine rings is 1. The second kappa shape index (κ2) is 9.76. The molecule has 4 aromatic rings. The highest BCUT2D eigenvalue weighted by Crippen LogP contribution is 2.35. The van der Waals surface area contributed by atoms with E-state index in [4.69, 9.17) is 9.47 Å². The van der Waals surface area contributed by atoms with Crippen LogP contribution in [0.4, 0.5) is 4.39 Å². The normalized spacial score (nSPS) is 15.7. The Kier molecular flexibility index (Phi) is 6.51. The second-order valence-corrected chi connectivity index (χ2v) is 11.2. The summed E-state index contributed by atoms with van der Waals surface area (Å²) in [6, 6.07) is 12.2. The number of H-pyrrole nitrogens is 1. The zero-order valence-corrected chi connectivity index (χ0v) is 20.6. The van der Waals surface area contributed by atoms with Crippen LogP contribution in [-0.2, 0) is 9.84 Å². The Bertz CT molecular complexity index is 1580. The Morgan fingerprint density at radius 2 is 1.92 bits per heavy atom. The number of aromatic amines is 1. The third-order valence-electron chi connectivity index (χ3n) is 6.29. The number of aryl methyl sites for hydroxylation is 1. The van der Waals surface area contributed by atoms with Crippen molar-refractivity contribution in [2.24, 2.45) is 0 Å². The maximum Gasteiger partial charge on any atom is 0.175 e. The summed E-state index contributed by atoms with van der Waals surface area (Å²) in [4.78, 5) is 9.58. The Labute approximate surface area is 208 Å². The molecule has 8 nitrogen and oxygen atoms in total. The van der Waals surface area contributed by atoms with E-state index >= 15 is 4.39 Å². The lowest BCUT2D eigenvalue weighted by atomic mass is 10.1. The second-order valence-electron chi connectivity index (χ2n) is 8.88. The van der Waals surface area contributed by atoms with Crippen LogP contribution in [0.25, 0.3) is 21.8 Å². The molecule has 0 aliphatic carbocycles. The fourth-order valence-corrected chi connectivity index (χ4v) is 5.65. The van der Waals surface area contributed by atoms with Gasteiger partial charge in [0.15, 0.2) is 21.4 Å². The maximum absolute atomic E-state index is 15.1. The smallest absolute Gasteiger partial charge is 0.175 e. The molecule has 0 unspecified atom stereocenters. The fraction of sp³-hybridized carbons (Fsp3) is 0.308. The quantitative estimate of drug-likeness (QED) is 0.370. The first-order chi connectivity index (χ1) is 17.3. The maximum atomic E-state index is 15.1. The van der Waals surface area contributed by atoms with Gasteiger partial charge in [0.25, 0.3) is 0 Å². The molecule has 0 radical (unpaired) electrons. The molecule has 2 aromatic heterocycles. The molecule has 1 aliphatic rings. The molecule has 0 amide bonds. The molecule has 5 rings (SSSR count). The van der Waals surface area contributed by atoms with Crippen LogP contribution in [0.15, 0.2) is 42.6 Å². The first kappa shape index (κ1) is 24.0. The van der Waals surface area contributed by atoms with Gasteiger partial charge in [0.2, 0.25) is 0 Å². The molecule has 1 fully saturated rings. The third-order valence-corrected chi connectivity index (χ3v) is 7.90. The van der Waals surface area contributed by atoms with Crippen molar-refractivity contribution in [3.63, 3.8) is 0 Å². The molecule has 10 heteroatoms. The van der Waals surface area contributed by atoms with Gasteiger partial charge in [-0.25, -0.2) is 12.8 Å². The Hall–Kier alpha value is -3.68. The number of fused-ring (bicyclic) bond motifs is 2. The lowest BCUT2D eigenvalue weighted by Gasteiger charge is -2.26. The number of halogens is 1. The van der Waals surface area contributed by atoms with Gasteiger partial charge in [-0.3, -0.25) is 4.98 Å². The van der Waals surface area contributed by atoms with Gasteiger partial charge in [-0.1, -0.05) is 0 Å². The van der Waals surface area contributed by atoms with Gasteiger partial charge in [0.1, 0.15) is 17.6 Å². The summed E-state index contributed by atoms with van der Waals surface area (Å²) in [5, 5.41) is 10.7. The zero-order valence-electron chi connectivity index (χ0n) is 19.8. The number of rotatable bonds is 7. The summed E-state index contributed by atoms with van der Waals surface area (Å²) < 4.78 is 50.0. The van der Waals surface area contributed by atoms with Gasteiger partial charge in [0, 0.05) is 53.9 Å². The van der Waals surface area contributed by atoms with Gasteiger partial charge in [0.05, 0.1) is 29.2 Å². The molecule has 1 N–H and O–H groups in total. The van der Waals surface area contributed by atoms with Crippen molar-refractivity contribution in [1.82, 2.24) is 14.9 Å². The monoisotopic (exact) mass is 508 g/mol. The van der Waals surface area contributed by atoms with E-state index in [2.05, 4.69) is 20.9 Å². The molecule has 2 aromatic carbocycles. The molecule has 3 heterocycles. The van der Waals surface area contributed by atoms with E-state index in [-0.39, 0.29) is 17.3 Å². The van der Waals surface area contributed by atoms with E-state index in [0.29, 0.717) is 65.0 Å². The first-order valence-electron chi connectivity index (χ1n) is 11.7. The Morgan fingerprint density at radius 3 is 2.69 bits per heavy atom. The van der Waals surface area contributed by atoms with E-state index in [9.17, 15) is 13.7 Å². The van der Waals surface area contributed by atoms with Crippen molar-refractivity contribution in [2.45, 2.75) is 13.3 Å². The highest BCUT2D eigenvalue weighted by molar-refractivity contribution is 7.91. The van der Waals surface area contributed by atoms with Crippen molar-refractivity contribution in [3.05, 3.63) is 59.7 Å². The summed E-state index contributed by atoms with van der Waals surface area (Å²) in [5.41, 5.74) is 2.42. The van der Waals surface area contributed by atoms with Crippen molar-refractivity contribution in [3.8, 4) is 23.3 Å². The van der Waals surface area contributed by atoms with Gasteiger partial charge >= 0.3 is 0 Å². The van der Waals surface area contributed by atoms with Crippen molar-refractivity contribution in [2.75, 3.05) is 37.7 Å². The van der Waals surface area contributed by atoms with Crippen molar-refractivity contribution >= 4 is 31.6 Å². The fourth-order valence-electron chi connectivity index (χ4n) is 4.37. The van der Waals surface area contributed by atoms with Crippen LogP contribution in [0, 0.1) is 24.1 Å². The predicted octanol–water partition coefficient (Wildman–Crippen LogP) is 4.33. The van der Waals surface area contributed by atoms with Crippen LogP contribution in [0.3, 0.4) is 0 Å². The number of nitrogens with one attached hydrogen (secondary N) is 1. The molecular weight excluding hydrogens is 483 g/mol. The van der Waals surface area contributed by atoms with Crippen LogP contribution in [-0.4, -0.2) is 61.0 Å². The predicted molar refractivity (Wildman–Crippen MR) is 135 cm³/mol. The molecule has 36 heavy (non-hydrogen) atoms. The summed E-state index contributed by atoms with van der Waals surface area (Å²) in [6.45, 7) is 4.02. The van der Waals surface area contributed by atoms with E-state index < -0.39 is 15.7 Å². The minimum absolute atomic E-state index is 0.0818. The molecule has 186 valence electrons. The number of sulfone groups is 1.